The normalized spacial score (nSPS) is 15.8. The molecule has 144 valence electrons. The van der Waals surface area contributed by atoms with Crippen molar-refractivity contribution in [2.24, 2.45) is 0 Å². The van der Waals surface area contributed by atoms with Crippen molar-refractivity contribution < 1.29 is 17.6 Å². The minimum absolute atomic E-state index is 0. The van der Waals surface area contributed by atoms with Gasteiger partial charge in [0.1, 0.15) is 0 Å². The molecule has 1 aromatic heterocycles. The Balaban J connectivity index is 0.00000243. The second-order valence-electron chi connectivity index (χ2n) is 5.91. The summed E-state index contributed by atoms with van der Waals surface area (Å²) < 4.78 is 41.8. The van der Waals surface area contributed by atoms with Crippen LogP contribution in [0, 0.1) is 0 Å². The molecule has 0 unspecified atom stereocenters. The molecule has 0 radical (unpaired) electrons. The molecule has 1 fully saturated rings. The summed E-state index contributed by atoms with van der Waals surface area (Å²) in [6.45, 7) is 4.35. The first-order valence-electron chi connectivity index (χ1n) is 8.04. The fourth-order valence-electron chi connectivity index (χ4n) is 2.83. The fraction of sp³-hybridized carbons (Fsp3) is 0.500. The van der Waals surface area contributed by atoms with Crippen LogP contribution in [0.3, 0.4) is 0 Å². The van der Waals surface area contributed by atoms with Crippen LogP contribution in [0.2, 0.25) is 5.02 Å². The zero-order valence-electron chi connectivity index (χ0n) is 13.9. The van der Waals surface area contributed by atoms with Crippen molar-refractivity contribution in [3.8, 4) is 0 Å². The highest BCUT2D eigenvalue weighted by atomic mass is 35.5. The van der Waals surface area contributed by atoms with E-state index in [1.165, 1.54) is 0 Å². The molecule has 0 N–H and O–H groups in total. The summed E-state index contributed by atoms with van der Waals surface area (Å²) in [5, 5.41) is 7.20. The van der Waals surface area contributed by atoms with Gasteiger partial charge in [0.05, 0.1) is 0 Å². The average molecular weight is 411 g/mol. The molecule has 0 bridgehead atoms. The van der Waals surface area contributed by atoms with Crippen molar-refractivity contribution in [2.75, 3.05) is 37.6 Å². The summed E-state index contributed by atoms with van der Waals surface area (Å²) in [4.78, 5) is 4.55. The van der Waals surface area contributed by atoms with Gasteiger partial charge in [-0.05, 0) is 31.2 Å². The molecule has 2 aromatic rings. The Bertz CT molecular complexity index is 703. The molecule has 0 aliphatic carbocycles. The van der Waals surface area contributed by atoms with E-state index in [0.717, 1.165) is 43.4 Å². The number of piperazine rings is 1. The van der Waals surface area contributed by atoms with Gasteiger partial charge in [0.2, 0.25) is 5.89 Å². The first-order valence-corrected chi connectivity index (χ1v) is 8.42. The predicted octanol–water partition coefficient (Wildman–Crippen LogP) is 3.92. The number of anilines is 1. The summed E-state index contributed by atoms with van der Waals surface area (Å²) in [5.41, 5.74) is 1.11. The van der Waals surface area contributed by atoms with Gasteiger partial charge < -0.3 is 9.32 Å². The van der Waals surface area contributed by atoms with E-state index in [1.807, 2.05) is 24.3 Å². The van der Waals surface area contributed by atoms with Crippen molar-refractivity contribution in [1.29, 1.82) is 0 Å². The fourth-order valence-corrected chi connectivity index (χ4v) is 3.01. The molecule has 0 spiro atoms. The number of hydrogen-bond donors (Lipinski definition) is 0. The van der Waals surface area contributed by atoms with Gasteiger partial charge in [0, 0.05) is 43.3 Å². The first kappa shape index (κ1) is 20.8. The van der Waals surface area contributed by atoms with Crippen LogP contribution < -0.4 is 4.90 Å². The van der Waals surface area contributed by atoms with Crippen LogP contribution >= 0.6 is 24.0 Å². The van der Waals surface area contributed by atoms with Gasteiger partial charge >= 0.3 is 12.1 Å². The molecule has 1 aliphatic rings. The van der Waals surface area contributed by atoms with E-state index in [1.54, 1.807) is 0 Å². The summed E-state index contributed by atoms with van der Waals surface area (Å²) in [6.07, 6.45) is -3.56. The van der Waals surface area contributed by atoms with Crippen molar-refractivity contribution in [1.82, 2.24) is 15.1 Å². The van der Waals surface area contributed by atoms with Gasteiger partial charge in [-0.1, -0.05) is 17.7 Å². The molecule has 26 heavy (non-hydrogen) atoms. The number of aromatic nitrogens is 2. The Morgan fingerprint density at radius 2 is 1.85 bits per heavy atom. The molecule has 3 rings (SSSR count). The SMILES string of the molecule is Cl.FC(F)(F)c1nnc(CCCN2CCN(c3cccc(Cl)c3)CC2)o1. The molecular formula is C16H19Cl2F3N4O. The molecule has 0 atom stereocenters. The summed E-state index contributed by atoms with van der Waals surface area (Å²) >= 11 is 6.02. The van der Waals surface area contributed by atoms with Gasteiger partial charge in [-0.2, -0.15) is 13.2 Å². The zero-order chi connectivity index (χ0) is 17.9. The highest BCUT2D eigenvalue weighted by molar-refractivity contribution is 6.30. The lowest BCUT2D eigenvalue weighted by molar-refractivity contribution is -0.157. The van der Waals surface area contributed by atoms with Crippen molar-refractivity contribution in [3.63, 3.8) is 0 Å². The molecule has 1 aromatic carbocycles. The number of aryl methyl sites for hydroxylation is 1. The molecular weight excluding hydrogens is 392 g/mol. The Hall–Kier alpha value is -1.51. The minimum Gasteiger partial charge on any atom is -0.417 e. The Morgan fingerprint density at radius 3 is 2.46 bits per heavy atom. The second-order valence-corrected chi connectivity index (χ2v) is 6.35. The number of nitrogens with zero attached hydrogens (tertiary/aromatic N) is 4. The smallest absolute Gasteiger partial charge is 0.417 e. The third-order valence-electron chi connectivity index (χ3n) is 4.12. The van der Waals surface area contributed by atoms with Crippen molar-refractivity contribution >= 4 is 29.7 Å². The Labute approximate surface area is 160 Å². The number of hydrogen-bond acceptors (Lipinski definition) is 5. The van der Waals surface area contributed by atoms with Crippen LogP contribution in [0.1, 0.15) is 18.2 Å². The summed E-state index contributed by atoms with van der Waals surface area (Å²) in [7, 11) is 0. The predicted molar refractivity (Wildman–Crippen MR) is 95.0 cm³/mol. The molecule has 10 heteroatoms. The highest BCUT2D eigenvalue weighted by Gasteiger charge is 2.38. The van der Waals surface area contributed by atoms with Gasteiger partial charge in [0.15, 0.2) is 0 Å². The standard InChI is InChI=1S/C16H18ClF3N4O.ClH/c17-12-3-1-4-13(11-12)24-9-7-23(8-10-24)6-2-5-14-21-22-15(25-14)16(18,19)20;/h1,3-4,11H,2,5-10H2;1H. The quantitative estimate of drug-likeness (QED) is 0.747. The maximum absolute atomic E-state index is 12.4. The van der Waals surface area contributed by atoms with E-state index in [9.17, 15) is 13.2 Å². The van der Waals surface area contributed by atoms with Crippen LogP contribution in [-0.4, -0.2) is 47.8 Å². The van der Waals surface area contributed by atoms with Gasteiger partial charge in [-0.15, -0.1) is 22.6 Å². The van der Waals surface area contributed by atoms with Gasteiger partial charge in [0.25, 0.3) is 0 Å². The van der Waals surface area contributed by atoms with E-state index in [4.69, 9.17) is 11.6 Å². The molecule has 0 amide bonds. The van der Waals surface area contributed by atoms with Gasteiger partial charge in [-0.25, -0.2) is 0 Å². The number of benzene rings is 1. The number of halogens is 5. The molecule has 5 nitrogen and oxygen atoms in total. The third kappa shape index (κ3) is 5.49. The first-order chi connectivity index (χ1) is 11.9. The van der Waals surface area contributed by atoms with Crippen LogP contribution in [0.15, 0.2) is 28.7 Å². The number of rotatable bonds is 5. The van der Waals surface area contributed by atoms with Crippen LogP contribution in [0.5, 0.6) is 0 Å². The lowest BCUT2D eigenvalue weighted by Gasteiger charge is -2.36. The molecule has 1 aliphatic heterocycles. The van der Waals surface area contributed by atoms with Crippen molar-refractivity contribution in [3.05, 3.63) is 41.1 Å². The summed E-state index contributed by atoms with van der Waals surface area (Å²) in [6, 6.07) is 7.77. The zero-order valence-corrected chi connectivity index (χ0v) is 15.4. The maximum atomic E-state index is 12.4. The lowest BCUT2D eigenvalue weighted by atomic mass is 10.2. The third-order valence-corrected chi connectivity index (χ3v) is 4.36. The van der Waals surface area contributed by atoms with Gasteiger partial charge in [-0.3, -0.25) is 4.90 Å². The monoisotopic (exact) mass is 410 g/mol. The maximum Gasteiger partial charge on any atom is 0.470 e. The molecule has 1 saturated heterocycles. The topological polar surface area (TPSA) is 45.4 Å². The summed E-state index contributed by atoms with van der Waals surface area (Å²) in [5.74, 6) is -1.25. The van der Waals surface area contributed by atoms with Crippen LogP contribution in [0.25, 0.3) is 0 Å². The van der Waals surface area contributed by atoms with Crippen molar-refractivity contribution in [2.45, 2.75) is 19.0 Å². The lowest BCUT2D eigenvalue weighted by Crippen LogP contribution is -2.46. The highest BCUT2D eigenvalue weighted by Crippen LogP contribution is 2.28. The second kappa shape index (κ2) is 8.92. The van der Waals surface area contributed by atoms with E-state index in [0.29, 0.717) is 12.8 Å². The van der Waals surface area contributed by atoms with Crippen LogP contribution in [-0.2, 0) is 12.6 Å². The van der Waals surface area contributed by atoms with E-state index in [2.05, 4.69) is 24.4 Å². The van der Waals surface area contributed by atoms with E-state index >= 15 is 0 Å². The molecule has 2 heterocycles. The molecule has 0 saturated carbocycles. The van der Waals surface area contributed by atoms with E-state index < -0.39 is 12.1 Å². The Morgan fingerprint density at radius 1 is 1.12 bits per heavy atom. The minimum atomic E-state index is -4.58. The largest absolute Gasteiger partial charge is 0.470 e. The van der Waals surface area contributed by atoms with Crippen LogP contribution in [0.4, 0.5) is 18.9 Å². The number of alkyl halides is 3. The Kier molecular flexibility index (Phi) is 7.14. The average Bonchev–Trinajstić information content (AvgIpc) is 3.05. The van der Waals surface area contributed by atoms with E-state index in [-0.39, 0.29) is 18.3 Å².